The highest BCUT2D eigenvalue weighted by Gasteiger charge is 2.44. The molecule has 11 heteroatoms. The van der Waals surface area contributed by atoms with Crippen molar-refractivity contribution < 1.29 is 32.6 Å². The Bertz CT molecular complexity index is 1310. The summed E-state index contributed by atoms with van der Waals surface area (Å²) >= 11 is 0. The minimum atomic E-state index is -1.46. The molecule has 1 amide bonds. The van der Waals surface area contributed by atoms with E-state index in [0.717, 1.165) is 25.5 Å². The SMILES string of the molecule is CCC1(CCN(C)C)CN(c2ccc(C(=O)O)cc2)C(=O)O1.Cc1nn(C)cc1-c1ccc(F)c(F)c1F. The average Bonchev–Trinajstić information content (AvgIpc) is 3.40. The molecule has 0 aliphatic carbocycles. The van der Waals surface area contributed by atoms with Gasteiger partial charge in [0.15, 0.2) is 17.5 Å². The summed E-state index contributed by atoms with van der Waals surface area (Å²) in [6.07, 6.45) is 2.71. The number of hydrogen-bond acceptors (Lipinski definition) is 5. The van der Waals surface area contributed by atoms with Gasteiger partial charge in [-0.15, -0.1) is 0 Å². The molecule has 2 heterocycles. The molecular weight excluding hydrogens is 501 g/mol. The monoisotopic (exact) mass is 532 g/mol. The molecular formula is C27H31F3N4O4. The fourth-order valence-electron chi connectivity index (χ4n) is 4.12. The molecule has 0 bridgehead atoms. The number of nitrogens with zero attached hydrogens (tertiary/aromatic N) is 4. The van der Waals surface area contributed by atoms with Crippen molar-refractivity contribution in [3.8, 4) is 11.1 Å². The third kappa shape index (κ3) is 6.34. The topological polar surface area (TPSA) is 87.9 Å². The van der Waals surface area contributed by atoms with Crippen LogP contribution < -0.4 is 4.90 Å². The van der Waals surface area contributed by atoms with E-state index in [1.807, 2.05) is 21.0 Å². The van der Waals surface area contributed by atoms with Gasteiger partial charge in [-0.1, -0.05) is 6.92 Å². The molecule has 3 aromatic rings. The molecule has 1 N–H and O–H groups in total. The summed E-state index contributed by atoms with van der Waals surface area (Å²) in [7, 11) is 5.65. The predicted molar refractivity (Wildman–Crippen MR) is 137 cm³/mol. The van der Waals surface area contributed by atoms with Crippen LogP contribution in [0.15, 0.2) is 42.6 Å². The highest BCUT2D eigenvalue weighted by atomic mass is 19.2. The average molecular weight is 533 g/mol. The Morgan fingerprint density at radius 2 is 1.76 bits per heavy atom. The number of carbonyl (C=O) groups excluding carboxylic acids is 1. The Morgan fingerprint density at radius 1 is 1.11 bits per heavy atom. The number of aromatic nitrogens is 2. The van der Waals surface area contributed by atoms with E-state index < -0.39 is 29.0 Å². The lowest BCUT2D eigenvalue weighted by Crippen LogP contribution is -2.37. The number of aromatic carboxylic acids is 1. The van der Waals surface area contributed by atoms with Gasteiger partial charge in [0.2, 0.25) is 0 Å². The van der Waals surface area contributed by atoms with Crippen molar-refractivity contribution in [2.24, 2.45) is 7.05 Å². The van der Waals surface area contributed by atoms with Crippen LogP contribution in [0.3, 0.4) is 0 Å². The van der Waals surface area contributed by atoms with Gasteiger partial charge in [-0.3, -0.25) is 9.58 Å². The number of ether oxygens (including phenoxy) is 1. The lowest BCUT2D eigenvalue weighted by molar-refractivity contribution is 0.0408. The van der Waals surface area contributed by atoms with Crippen molar-refractivity contribution in [2.75, 3.05) is 32.1 Å². The van der Waals surface area contributed by atoms with E-state index in [2.05, 4.69) is 10.00 Å². The molecule has 1 unspecified atom stereocenters. The maximum absolute atomic E-state index is 13.5. The number of carboxylic acid groups (broad SMARTS) is 1. The molecule has 4 rings (SSSR count). The van der Waals surface area contributed by atoms with Gasteiger partial charge in [-0.2, -0.15) is 5.10 Å². The highest BCUT2D eigenvalue weighted by Crippen LogP contribution is 2.33. The second-order valence-electron chi connectivity index (χ2n) is 9.42. The van der Waals surface area contributed by atoms with Gasteiger partial charge in [-0.05, 0) is 63.8 Å². The van der Waals surface area contributed by atoms with Gasteiger partial charge >= 0.3 is 12.1 Å². The Labute approximate surface area is 219 Å². The summed E-state index contributed by atoms with van der Waals surface area (Å²) in [6.45, 7) is 5.02. The maximum atomic E-state index is 13.5. The van der Waals surface area contributed by atoms with Crippen LogP contribution in [0.5, 0.6) is 0 Å². The number of carboxylic acids is 1. The van der Waals surface area contributed by atoms with Crippen LogP contribution in [-0.2, 0) is 11.8 Å². The number of amides is 1. The van der Waals surface area contributed by atoms with E-state index in [4.69, 9.17) is 9.84 Å². The number of anilines is 1. The van der Waals surface area contributed by atoms with Crippen molar-refractivity contribution in [3.63, 3.8) is 0 Å². The Balaban J connectivity index is 0.000000221. The molecule has 1 aromatic heterocycles. The molecule has 1 atom stereocenters. The van der Waals surface area contributed by atoms with Gasteiger partial charge in [0.25, 0.3) is 0 Å². The lowest BCUT2D eigenvalue weighted by atomic mass is 9.96. The molecule has 38 heavy (non-hydrogen) atoms. The number of hydrogen-bond donors (Lipinski definition) is 1. The zero-order valence-electron chi connectivity index (χ0n) is 22.0. The second kappa shape index (κ2) is 11.7. The first kappa shape index (κ1) is 28.7. The lowest BCUT2D eigenvalue weighted by Gasteiger charge is -2.26. The molecule has 1 aliphatic heterocycles. The van der Waals surface area contributed by atoms with Crippen molar-refractivity contribution in [2.45, 2.75) is 32.3 Å². The van der Waals surface area contributed by atoms with Crippen LogP contribution in [0.2, 0.25) is 0 Å². The first-order valence-corrected chi connectivity index (χ1v) is 12.0. The third-order valence-corrected chi connectivity index (χ3v) is 6.39. The van der Waals surface area contributed by atoms with Crippen molar-refractivity contribution in [1.29, 1.82) is 0 Å². The fourth-order valence-corrected chi connectivity index (χ4v) is 4.12. The molecule has 2 aromatic carbocycles. The summed E-state index contributed by atoms with van der Waals surface area (Å²) < 4.78 is 46.4. The van der Waals surface area contributed by atoms with Gasteiger partial charge in [0, 0.05) is 43.0 Å². The largest absolute Gasteiger partial charge is 0.478 e. The standard InChI is InChI=1S/C16H22N2O4.C11H9F3N2/c1-4-16(9-10-17(2)3)11-18(15(21)22-16)13-7-5-12(6-8-13)14(19)20;1-6-8(5-16(2)15-6)7-3-4-9(12)11(14)10(7)13/h5-8H,4,9-11H2,1-3H3,(H,19,20);3-5H,1-2H3. The van der Waals surface area contributed by atoms with E-state index in [1.54, 1.807) is 37.2 Å². The molecule has 0 spiro atoms. The summed E-state index contributed by atoms with van der Waals surface area (Å²) in [5.41, 5.74) is 1.42. The normalized spacial score (nSPS) is 16.9. The molecule has 0 radical (unpaired) electrons. The molecule has 1 saturated heterocycles. The minimum absolute atomic E-state index is 0.0181. The molecule has 8 nitrogen and oxygen atoms in total. The summed E-state index contributed by atoms with van der Waals surface area (Å²) in [5, 5.41) is 12.9. The van der Waals surface area contributed by atoms with E-state index in [1.165, 1.54) is 22.9 Å². The zero-order chi connectivity index (χ0) is 28.2. The summed E-state index contributed by atoms with van der Waals surface area (Å²) in [4.78, 5) is 26.7. The van der Waals surface area contributed by atoms with Crippen LogP contribution in [0.1, 0.15) is 35.8 Å². The Kier molecular flexibility index (Phi) is 8.82. The van der Waals surface area contributed by atoms with Crippen molar-refractivity contribution >= 4 is 17.7 Å². The van der Waals surface area contributed by atoms with E-state index in [-0.39, 0.29) is 17.2 Å². The fraction of sp³-hybridized carbons (Fsp3) is 0.370. The quantitative estimate of drug-likeness (QED) is 0.418. The second-order valence-corrected chi connectivity index (χ2v) is 9.42. The van der Waals surface area contributed by atoms with Crippen LogP contribution in [0, 0.1) is 24.4 Å². The van der Waals surface area contributed by atoms with Crippen molar-refractivity contribution in [1.82, 2.24) is 14.7 Å². The highest BCUT2D eigenvalue weighted by molar-refractivity contribution is 5.92. The summed E-state index contributed by atoms with van der Waals surface area (Å²) in [5.74, 6) is -4.82. The van der Waals surface area contributed by atoms with Crippen LogP contribution in [-0.4, -0.2) is 64.6 Å². The molecule has 204 valence electrons. The van der Waals surface area contributed by atoms with Crippen LogP contribution in [0.4, 0.5) is 23.7 Å². The van der Waals surface area contributed by atoms with Gasteiger partial charge < -0.3 is 14.7 Å². The van der Waals surface area contributed by atoms with Gasteiger partial charge in [0.05, 0.1) is 17.8 Å². The smallest absolute Gasteiger partial charge is 0.415 e. The number of cyclic esters (lactones) is 1. The Morgan fingerprint density at radius 3 is 2.29 bits per heavy atom. The number of halogens is 3. The van der Waals surface area contributed by atoms with E-state index in [9.17, 15) is 22.8 Å². The predicted octanol–water partition coefficient (Wildman–Crippen LogP) is 5.25. The third-order valence-electron chi connectivity index (χ3n) is 6.39. The number of aryl methyl sites for hydroxylation is 2. The first-order valence-electron chi connectivity index (χ1n) is 12.0. The molecule has 1 aliphatic rings. The minimum Gasteiger partial charge on any atom is -0.478 e. The summed E-state index contributed by atoms with van der Waals surface area (Å²) in [6, 6.07) is 8.39. The van der Waals surface area contributed by atoms with E-state index >= 15 is 0 Å². The Hall–Kier alpha value is -3.86. The van der Waals surface area contributed by atoms with Crippen LogP contribution in [0.25, 0.3) is 11.1 Å². The number of rotatable bonds is 7. The maximum Gasteiger partial charge on any atom is 0.415 e. The van der Waals surface area contributed by atoms with E-state index in [0.29, 0.717) is 23.5 Å². The molecule has 0 saturated carbocycles. The van der Waals surface area contributed by atoms with Crippen LogP contribution >= 0.6 is 0 Å². The van der Waals surface area contributed by atoms with Crippen molar-refractivity contribution in [3.05, 3.63) is 71.3 Å². The zero-order valence-corrected chi connectivity index (χ0v) is 22.0. The van der Waals surface area contributed by atoms with Gasteiger partial charge in [0.1, 0.15) is 5.60 Å². The van der Waals surface area contributed by atoms with Gasteiger partial charge in [-0.25, -0.2) is 22.8 Å². The number of carbonyl (C=O) groups is 2. The first-order chi connectivity index (χ1) is 17.9. The number of benzene rings is 2. The molecule has 1 fully saturated rings.